The van der Waals surface area contributed by atoms with Crippen LogP contribution in [0.15, 0.2) is 40.7 Å². The van der Waals surface area contributed by atoms with Crippen LogP contribution in [0.25, 0.3) is 10.2 Å². The topological polar surface area (TPSA) is 105 Å². The number of fused-ring (bicyclic) bond motifs is 2. The van der Waals surface area contributed by atoms with Gasteiger partial charge in [0.05, 0.1) is 25.5 Å². The smallest absolute Gasteiger partial charge is 0.462 e. The third-order valence-electron chi connectivity index (χ3n) is 6.42. The van der Waals surface area contributed by atoms with Gasteiger partial charge in [-0.1, -0.05) is 29.6 Å². The van der Waals surface area contributed by atoms with E-state index in [0.29, 0.717) is 23.9 Å². The third-order valence-corrected chi connectivity index (χ3v) is 7.50. The fourth-order valence-corrected chi connectivity index (χ4v) is 5.56. The van der Waals surface area contributed by atoms with Gasteiger partial charge in [0.25, 0.3) is 5.91 Å². The minimum atomic E-state index is -4.56. The van der Waals surface area contributed by atoms with Gasteiger partial charge in [0, 0.05) is 11.1 Å². The molecule has 0 aliphatic carbocycles. The molecule has 0 saturated carbocycles. The van der Waals surface area contributed by atoms with Crippen molar-refractivity contribution in [2.45, 2.75) is 25.9 Å². The van der Waals surface area contributed by atoms with Gasteiger partial charge in [0.2, 0.25) is 5.84 Å². The Morgan fingerprint density at radius 3 is 2.84 bits per heavy atom. The number of piperazine rings is 1. The van der Waals surface area contributed by atoms with Crippen LogP contribution in [0.3, 0.4) is 0 Å². The molecule has 5 heterocycles. The number of rotatable bonds is 8. The van der Waals surface area contributed by atoms with E-state index in [1.807, 2.05) is 11.0 Å². The standard InChI is InChI=1S/C24H25F3N8O2S/c1-3-6-15-13-16-19(34-10-11-35(2)18(14-34)32-33-22(35)24(25,26)27)30-23(31-21(16)38-15)37-12-9-29-20(36)17-7-4-5-8-28-17/h4-5,7-8,13H,3,6,9-12,14H2,1-2H3/p+1. The van der Waals surface area contributed by atoms with Crippen LogP contribution < -0.4 is 15.0 Å². The first kappa shape index (κ1) is 26.0. The second-order valence-corrected chi connectivity index (χ2v) is 10.2. The molecule has 3 aromatic rings. The molecule has 1 fully saturated rings. The molecule has 5 rings (SSSR count). The average molecular weight is 548 g/mol. The van der Waals surface area contributed by atoms with Gasteiger partial charge < -0.3 is 15.0 Å². The summed E-state index contributed by atoms with van der Waals surface area (Å²) in [5.41, 5.74) is 0.303. The highest BCUT2D eigenvalue weighted by molar-refractivity contribution is 7.18. The lowest BCUT2D eigenvalue weighted by molar-refractivity contribution is -0.731. The van der Waals surface area contributed by atoms with E-state index in [1.165, 1.54) is 18.4 Å². The number of aryl methyl sites for hydroxylation is 1. The Bertz CT molecular complexity index is 1410. The Morgan fingerprint density at radius 1 is 1.26 bits per heavy atom. The molecule has 2 aliphatic rings. The van der Waals surface area contributed by atoms with Gasteiger partial charge in [-0.05, 0) is 24.6 Å². The van der Waals surface area contributed by atoms with Gasteiger partial charge >= 0.3 is 18.0 Å². The molecule has 0 bridgehead atoms. The van der Waals surface area contributed by atoms with Crippen LogP contribution in [0.4, 0.5) is 19.0 Å². The fourth-order valence-electron chi connectivity index (χ4n) is 4.44. The van der Waals surface area contributed by atoms with E-state index >= 15 is 0 Å². The van der Waals surface area contributed by atoms with Crippen molar-refractivity contribution in [1.82, 2.24) is 20.3 Å². The number of amidine groups is 2. The van der Waals surface area contributed by atoms with Gasteiger partial charge in [-0.25, -0.2) is 4.48 Å². The summed E-state index contributed by atoms with van der Waals surface area (Å²) in [5.74, 6) is -0.340. The van der Waals surface area contributed by atoms with Crippen molar-refractivity contribution in [3.8, 4) is 6.01 Å². The number of anilines is 1. The molecule has 1 atom stereocenters. The highest BCUT2D eigenvalue weighted by atomic mass is 32.1. The van der Waals surface area contributed by atoms with Gasteiger partial charge in [0.15, 0.2) is 0 Å². The molecule has 1 unspecified atom stereocenters. The van der Waals surface area contributed by atoms with Gasteiger partial charge in [-0.2, -0.15) is 23.1 Å². The van der Waals surface area contributed by atoms with Gasteiger partial charge in [-0.3, -0.25) is 9.78 Å². The number of carbonyl (C=O) groups is 1. The van der Waals surface area contributed by atoms with E-state index in [-0.39, 0.29) is 38.2 Å². The number of pyridine rings is 1. The lowest BCUT2D eigenvalue weighted by Gasteiger charge is -2.39. The molecule has 0 spiro atoms. The maximum absolute atomic E-state index is 13.5. The Labute approximate surface area is 220 Å². The lowest BCUT2D eigenvalue weighted by Crippen LogP contribution is -2.65. The summed E-state index contributed by atoms with van der Waals surface area (Å²) in [6.07, 6.45) is -1.18. The maximum Gasteiger partial charge on any atom is 0.489 e. The molecule has 200 valence electrons. The van der Waals surface area contributed by atoms with Crippen molar-refractivity contribution in [3.05, 3.63) is 41.0 Å². The highest BCUT2D eigenvalue weighted by Gasteiger charge is 2.57. The molecular formula is C24H26F3N8O2S+. The molecule has 2 aliphatic heterocycles. The summed E-state index contributed by atoms with van der Waals surface area (Å²) in [5, 5.41) is 10.9. The molecular weight excluding hydrogens is 521 g/mol. The lowest BCUT2D eigenvalue weighted by atomic mass is 10.2. The number of alkyl halides is 3. The summed E-state index contributed by atoms with van der Waals surface area (Å²) in [6, 6.07) is 7.24. The first-order chi connectivity index (χ1) is 18.2. The monoisotopic (exact) mass is 547 g/mol. The first-order valence-corrected chi connectivity index (χ1v) is 13.0. The number of quaternary nitrogens is 1. The second kappa shape index (κ2) is 10.3. The number of carbonyl (C=O) groups excluding carboxylic acids is 1. The van der Waals surface area contributed by atoms with Crippen molar-refractivity contribution in [1.29, 1.82) is 0 Å². The molecule has 1 amide bonds. The first-order valence-electron chi connectivity index (χ1n) is 12.1. The van der Waals surface area contributed by atoms with Crippen LogP contribution >= 0.6 is 11.3 Å². The normalized spacial score (nSPS) is 19.2. The Balaban J connectivity index is 1.34. The van der Waals surface area contributed by atoms with Gasteiger partial charge in [0.1, 0.15) is 36.0 Å². The summed E-state index contributed by atoms with van der Waals surface area (Å²) in [4.78, 5) is 29.2. The molecule has 0 radical (unpaired) electrons. The average Bonchev–Trinajstić information content (AvgIpc) is 3.46. The summed E-state index contributed by atoms with van der Waals surface area (Å²) >= 11 is 1.54. The summed E-state index contributed by atoms with van der Waals surface area (Å²) in [7, 11) is 1.49. The van der Waals surface area contributed by atoms with Crippen molar-refractivity contribution >= 4 is 44.9 Å². The quantitative estimate of drug-likeness (QED) is 0.343. The number of hydrogen-bond acceptors (Lipinski definition) is 9. The van der Waals surface area contributed by atoms with Crippen molar-refractivity contribution in [2.75, 3.05) is 44.7 Å². The summed E-state index contributed by atoms with van der Waals surface area (Å²) < 4.78 is 45.9. The third kappa shape index (κ3) is 5.05. The number of nitrogens with zero attached hydrogens (tertiary/aromatic N) is 7. The highest BCUT2D eigenvalue weighted by Crippen LogP contribution is 2.36. The Kier molecular flexibility index (Phi) is 7.01. The molecule has 14 heteroatoms. The number of halogens is 3. The Morgan fingerprint density at radius 2 is 2.11 bits per heavy atom. The number of amides is 1. The number of hydrogen-bond donors (Lipinski definition) is 1. The van der Waals surface area contributed by atoms with Crippen molar-refractivity contribution < 1.29 is 27.2 Å². The van der Waals surface area contributed by atoms with Crippen LogP contribution in [0.2, 0.25) is 0 Å². The molecule has 0 aromatic carbocycles. The molecule has 1 N–H and O–H groups in total. The van der Waals surface area contributed by atoms with E-state index < -0.39 is 16.5 Å². The van der Waals surface area contributed by atoms with Crippen LogP contribution in [-0.2, 0) is 6.42 Å². The predicted molar refractivity (Wildman–Crippen MR) is 138 cm³/mol. The number of ether oxygens (including phenoxy) is 1. The SMILES string of the molecule is CCCc1cc2c(N3CC[N+]4(C)C(=NN=C4C(F)(F)F)C3)nc(OCCNC(=O)c3ccccn3)nc2s1. The zero-order valence-corrected chi connectivity index (χ0v) is 21.6. The molecule has 3 aromatic heterocycles. The van der Waals surface area contributed by atoms with Crippen molar-refractivity contribution in [3.63, 3.8) is 0 Å². The van der Waals surface area contributed by atoms with E-state index in [4.69, 9.17) is 4.74 Å². The largest absolute Gasteiger partial charge is 0.489 e. The predicted octanol–water partition coefficient (Wildman–Crippen LogP) is 3.40. The van der Waals surface area contributed by atoms with Crippen LogP contribution in [-0.4, -0.2) is 83.0 Å². The number of nitrogens with one attached hydrogen (secondary N) is 1. The van der Waals surface area contributed by atoms with E-state index in [0.717, 1.165) is 27.9 Å². The van der Waals surface area contributed by atoms with E-state index in [2.05, 4.69) is 37.4 Å². The van der Waals surface area contributed by atoms with E-state index in [9.17, 15) is 18.0 Å². The number of thiophene rings is 1. The van der Waals surface area contributed by atoms with Crippen LogP contribution in [0.5, 0.6) is 6.01 Å². The van der Waals surface area contributed by atoms with Crippen LogP contribution in [0.1, 0.15) is 28.7 Å². The maximum atomic E-state index is 13.5. The van der Waals surface area contributed by atoms with Crippen LogP contribution in [0, 0.1) is 0 Å². The summed E-state index contributed by atoms with van der Waals surface area (Å²) in [6.45, 7) is 3.03. The van der Waals surface area contributed by atoms with E-state index in [1.54, 1.807) is 24.4 Å². The minimum Gasteiger partial charge on any atom is -0.462 e. The Hall–Kier alpha value is -3.65. The zero-order valence-electron chi connectivity index (χ0n) is 20.8. The molecule has 10 nitrogen and oxygen atoms in total. The fraction of sp³-hybridized carbons (Fsp3) is 0.417. The number of aromatic nitrogens is 3. The molecule has 1 saturated heterocycles. The van der Waals surface area contributed by atoms with Crippen molar-refractivity contribution in [2.24, 2.45) is 10.2 Å². The number of likely N-dealkylation sites (N-methyl/N-ethyl adjacent to an activating group) is 1. The van der Waals surface area contributed by atoms with Gasteiger partial charge in [-0.15, -0.1) is 11.3 Å². The zero-order chi connectivity index (χ0) is 26.9. The molecule has 38 heavy (non-hydrogen) atoms. The minimum absolute atomic E-state index is 0.126. The second-order valence-electron chi connectivity index (χ2n) is 9.10.